The number of amides is 1. The molecule has 166 valence electrons. The van der Waals surface area contributed by atoms with Gasteiger partial charge in [-0.05, 0) is 62.1 Å². The first kappa shape index (κ1) is 20.7. The summed E-state index contributed by atoms with van der Waals surface area (Å²) in [5.74, 6) is 0.883. The third-order valence-electron chi connectivity index (χ3n) is 6.85. The average molecular weight is 433 g/mol. The Kier molecular flexibility index (Phi) is 4.84. The number of fused-ring (bicyclic) bond motifs is 2. The van der Waals surface area contributed by atoms with Crippen LogP contribution < -0.4 is 4.74 Å². The fourth-order valence-corrected chi connectivity index (χ4v) is 5.28. The number of Topliss-reactive ketones (excluding diaryl/α,β-unsaturated/α-hetero) is 1. The Hall–Kier alpha value is -3.15. The SMILES string of the molecule is Cc1cc(C)c2c(c1)C(=O)CC1(CCN(C(=O)Cc3noc4cc(C)cc(C)c34)CC1)O2. The van der Waals surface area contributed by atoms with Crippen LogP contribution in [0, 0.1) is 27.7 Å². The number of carbonyl (C=O) groups excluding carboxylic acids is 2. The zero-order valence-electron chi connectivity index (χ0n) is 19.1. The Bertz CT molecular complexity index is 1250. The van der Waals surface area contributed by atoms with Gasteiger partial charge in [0, 0.05) is 31.3 Å². The van der Waals surface area contributed by atoms with Crippen LogP contribution in [0.3, 0.4) is 0 Å². The van der Waals surface area contributed by atoms with Gasteiger partial charge >= 0.3 is 0 Å². The van der Waals surface area contributed by atoms with E-state index in [1.807, 2.05) is 44.7 Å². The summed E-state index contributed by atoms with van der Waals surface area (Å²) in [6.45, 7) is 9.16. The minimum absolute atomic E-state index is 0.0318. The number of rotatable bonds is 2. The first-order chi connectivity index (χ1) is 15.2. The highest BCUT2D eigenvalue weighted by Crippen LogP contribution is 2.41. The number of ether oxygens (including phenoxy) is 1. The Morgan fingerprint density at radius 3 is 2.47 bits per heavy atom. The highest BCUT2D eigenvalue weighted by Gasteiger charge is 2.44. The number of ketones is 1. The van der Waals surface area contributed by atoms with E-state index in [2.05, 4.69) is 17.3 Å². The van der Waals surface area contributed by atoms with E-state index < -0.39 is 5.60 Å². The van der Waals surface area contributed by atoms with Crippen molar-refractivity contribution in [3.63, 3.8) is 0 Å². The van der Waals surface area contributed by atoms with Crippen LogP contribution in [-0.2, 0) is 11.2 Å². The van der Waals surface area contributed by atoms with Crippen molar-refractivity contribution in [3.05, 3.63) is 57.8 Å². The largest absolute Gasteiger partial charge is 0.486 e. The number of hydrogen-bond donors (Lipinski definition) is 0. The summed E-state index contributed by atoms with van der Waals surface area (Å²) in [5.41, 5.74) is 5.83. The van der Waals surface area contributed by atoms with Crippen LogP contribution in [-0.4, -0.2) is 40.4 Å². The number of piperidine rings is 1. The van der Waals surface area contributed by atoms with Gasteiger partial charge in [0.05, 0.1) is 18.4 Å². The van der Waals surface area contributed by atoms with Crippen molar-refractivity contribution in [3.8, 4) is 5.75 Å². The smallest absolute Gasteiger partial charge is 0.228 e. The number of hydrogen-bond acceptors (Lipinski definition) is 5. The summed E-state index contributed by atoms with van der Waals surface area (Å²) < 4.78 is 11.9. The zero-order valence-corrected chi connectivity index (χ0v) is 19.1. The normalized spacial score (nSPS) is 17.5. The van der Waals surface area contributed by atoms with E-state index in [1.165, 1.54) is 0 Å². The van der Waals surface area contributed by atoms with Gasteiger partial charge in [0.25, 0.3) is 0 Å². The summed E-state index contributed by atoms with van der Waals surface area (Å²) in [4.78, 5) is 27.8. The minimum Gasteiger partial charge on any atom is -0.486 e. The molecule has 6 nitrogen and oxygen atoms in total. The maximum absolute atomic E-state index is 13.0. The standard InChI is InChI=1S/C26H28N2O4/c1-15-10-18(4)25-19(11-15)21(29)14-26(31-25)5-7-28(8-6-26)23(30)13-20-24-17(3)9-16(2)12-22(24)32-27-20/h9-12H,5-8,13-14H2,1-4H3. The molecular weight excluding hydrogens is 404 g/mol. The molecular formula is C26H28N2O4. The molecule has 0 unspecified atom stereocenters. The molecule has 2 aromatic carbocycles. The number of carbonyl (C=O) groups is 2. The average Bonchev–Trinajstić information content (AvgIpc) is 3.12. The third-order valence-corrected chi connectivity index (χ3v) is 6.85. The van der Waals surface area contributed by atoms with Crippen molar-refractivity contribution >= 4 is 22.7 Å². The van der Waals surface area contributed by atoms with E-state index in [4.69, 9.17) is 9.26 Å². The molecule has 5 rings (SSSR count). The lowest BCUT2D eigenvalue weighted by Crippen LogP contribution is -2.52. The van der Waals surface area contributed by atoms with E-state index >= 15 is 0 Å². The number of likely N-dealkylation sites (tertiary alicyclic amines) is 1. The van der Waals surface area contributed by atoms with Crippen LogP contribution in [0.4, 0.5) is 0 Å². The van der Waals surface area contributed by atoms with Crippen LogP contribution in [0.5, 0.6) is 5.75 Å². The van der Waals surface area contributed by atoms with Crippen molar-refractivity contribution in [2.24, 2.45) is 0 Å². The van der Waals surface area contributed by atoms with Crippen LogP contribution in [0.2, 0.25) is 0 Å². The quantitative estimate of drug-likeness (QED) is 0.590. The van der Waals surface area contributed by atoms with Gasteiger partial charge in [0.1, 0.15) is 17.0 Å². The molecule has 3 aromatic rings. The number of benzene rings is 2. The lowest BCUT2D eigenvalue weighted by molar-refractivity contribution is -0.134. The van der Waals surface area contributed by atoms with E-state index in [0.717, 1.165) is 33.2 Å². The van der Waals surface area contributed by atoms with E-state index in [-0.39, 0.29) is 18.1 Å². The molecule has 0 saturated carbocycles. The maximum Gasteiger partial charge on any atom is 0.228 e. The lowest BCUT2D eigenvalue weighted by atomic mass is 9.81. The second-order valence-corrected chi connectivity index (χ2v) is 9.49. The summed E-state index contributed by atoms with van der Waals surface area (Å²) in [7, 11) is 0. The first-order valence-corrected chi connectivity index (χ1v) is 11.2. The molecule has 1 fully saturated rings. The monoisotopic (exact) mass is 432 g/mol. The highest BCUT2D eigenvalue weighted by molar-refractivity contribution is 6.01. The van der Waals surface area contributed by atoms with Crippen molar-refractivity contribution in [2.45, 2.75) is 59.0 Å². The molecule has 1 spiro atoms. The lowest BCUT2D eigenvalue weighted by Gasteiger charge is -2.44. The highest BCUT2D eigenvalue weighted by atomic mass is 16.5. The van der Waals surface area contributed by atoms with Crippen LogP contribution >= 0.6 is 0 Å². The molecule has 0 radical (unpaired) electrons. The molecule has 32 heavy (non-hydrogen) atoms. The maximum atomic E-state index is 13.0. The number of nitrogens with zero attached hydrogens (tertiary/aromatic N) is 2. The molecule has 0 N–H and O–H groups in total. The Morgan fingerprint density at radius 1 is 1.03 bits per heavy atom. The van der Waals surface area contributed by atoms with Crippen molar-refractivity contribution in [2.75, 3.05) is 13.1 Å². The van der Waals surface area contributed by atoms with Gasteiger partial charge in [-0.25, -0.2) is 0 Å². The molecule has 2 aliphatic heterocycles. The number of aromatic nitrogens is 1. The summed E-state index contributed by atoms with van der Waals surface area (Å²) in [6, 6.07) is 8.00. The van der Waals surface area contributed by atoms with Gasteiger partial charge in [-0.1, -0.05) is 17.3 Å². The Morgan fingerprint density at radius 2 is 1.72 bits per heavy atom. The summed E-state index contributed by atoms with van der Waals surface area (Å²) in [6.07, 6.45) is 1.88. The predicted molar refractivity (Wildman–Crippen MR) is 121 cm³/mol. The van der Waals surface area contributed by atoms with Gasteiger partial charge in [-0.3, -0.25) is 9.59 Å². The van der Waals surface area contributed by atoms with E-state index in [9.17, 15) is 9.59 Å². The van der Waals surface area contributed by atoms with Crippen LogP contribution in [0.1, 0.15) is 57.6 Å². The third kappa shape index (κ3) is 3.48. The molecule has 1 saturated heterocycles. The van der Waals surface area contributed by atoms with Gasteiger partial charge in [0.15, 0.2) is 11.4 Å². The summed E-state index contributed by atoms with van der Waals surface area (Å²) in [5, 5.41) is 5.11. The zero-order chi connectivity index (χ0) is 22.6. The molecule has 1 amide bonds. The van der Waals surface area contributed by atoms with Gasteiger partial charge in [-0.15, -0.1) is 0 Å². The molecule has 3 heterocycles. The van der Waals surface area contributed by atoms with Crippen molar-refractivity contribution < 1.29 is 18.8 Å². The van der Waals surface area contributed by atoms with Crippen LogP contribution in [0.25, 0.3) is 11.0 Å². The van der Waals surface area contributed by atoms with E-state index in [0.29, 0.717) is 49.4 Å². The predicted octanol–water partition coefficient (Wildman–Crippen LogP) is 4.63. The molecule has 2 aliphatic rings. The van der Waals surface area contributed by atoms with Gasteiger partial charge in [-0.2, -0.15) is 0 Å². The second-order valence-electron chi connectivity index (χ2n) is 9.49. The van der Waals surface area contributed by atoms with Crippen LogP contribution in [0.15, 0.2) is 28.8 Å². The van der Waals surface area contributed by atoms with Crippen molar-refractivity contribution in [1.29, 1.82) is 0 Å². The first-order valence-electron chi connectivity index (χ1n) is 11.2. The topological polar surface area (TPSA) is 72.6 Å². The minimum atomic E-state index is -0.518. The van der Waals surface area contributed by atoms with Gasteiger partial charge in [0.2, 0.25) is 5.91 Å². The Balaban J connectivity index is 1.30. The molecule has 6 heteroatoms. The number of aryl methyl sites for hydroxylation is 4. The molecule has 1 aromatic heterocycles. The summed E-state index contributed by atoms with van der Waals surface area (Å²) >= 11 is 0. The van der Waals surface area contributed by atoms with Gasteiger partial charge < -0.3 is 14.2 Å². The molecule has 0 atom stereocenters. The fraction of sp³-hybridized carbons (Fsp3) is 0.423. The fourth-order valence-electron chi connectivity index (χ4n) is 5.28. The van der Waals surface area contributed by atoms with E-state index in [1.54, 1.807) is 0 Å². The Labute approximate surface area is 187 Å². The molecule has 0 aliphatic carbocycles. The molecule has 0 bridgehead atoms. The van der Waals surface area contributed by atoms with Crippen molar-refractivity contribution in [1.82, 2.24) is 10.1 Å². The second kappa shape index (κ2) is 7.47.